The third-order valence-electron chi connectivity index (χ3n) is 3.81. The third kappa shape index (κ3) is 3.60. The second-order valence-electron chi connectivity index (χ2n) is 5.18. The maximum atomic E-state index is 12.6. The highest BCUT2D eigenvalue weighted by Gasteiger charge is 2.27. The molecule has 0 N–H and O–H groups in total. The smallest absolute Gasteiger partial charge is 0.356 e. The van der Waals surface area contributed by atoms with Crippen molar-refractivity contribution in [1.82, 2.24) is 9.88 Å². The van der Waals surface area contributed by atoms with Gasteiger partial charge in [-0.2, -0.15) is 0 Å². The zero-order valence-corrected chi connectivity index (χ0v) is 12.7. The van der Waals surface area contributed by atoms with Crippen molar-refractivity contribution in [2.24, 2.45) is 0 Å². The Morgan fingerprint density at radius 3 is 2.76 bits per heavy atom. The molecule has 0 radical (unpaired) electrons. The van der Waals surface area contributed by atoms with Gasteiger partial charge in [-0.25, -0.2) is 9.78 Å². The quantitative estimate of drug-likeness (QED) is 0.800. The highest BCUT2D eigenvalue weighted by Crippen LogP contribution is 2.21. The van der Waals surface area contributed by atoms with Crippen LogP contribution >= 0.6 is 0 Å². The van der Waals surface area contributed by atoms with Crippen molar-refractivity contribution in [1.29, 1.82) is 0 Å². The lowest BCUT2D eigenvalue weighted by molar-refractivity contribution is 0.0518. The van der Waals surface area contributed by atoms with Crippen LogP contribution in [0.3, 0.4) is 0 Å². The molecule has 1 unspecified atom stereocenters. The van der Waals surface area contributed by atoms with E-state index in [4.69, 9.17) is 4.74 Å². The van der Waals surface area contributed by atoms with Crippen LogP contribution in [0, 0.1) is 0 Å². The third-order valence-corrected chi connectivity index (χ3v) is 3.81. The number of hydrogen-bond donors (Lipinski definition) is 0. The fraction of sp³-hybridized carbons (Fsp3) is 0.562. The van der Waals surface area contributed by atoms with Crippen LogP contribution in [0.4, 0.5) is 0 Å². The van der Waals surface area contributed by atoms with Gasteiger partial charge in [0.2, 0.25) is 0 Å². The Bertz CT molecular complexity index is 516. The zero-order valence-electron chi connectivity index (χ0n) is 12.7. The fourth-order valence-corrected chi connectivity index (χ4v) is 2.71. The summed E-state index contributed by atoms with van der Waals surface area (Å²) in [6, 6.07) is 5.19. The number of nitrogens with zero attached hydrogens (tertiary/aromatic N) is 2. The van der Waals surface area contributed by atoms with Crippen molar-refractivity contribution in [3.63, 3.8) is 0 Å². The molecule has 114 valence electrons. The molecule has 2 heterocycles. The van der Waals surface area contributed by atoms with E-state index in [-0.39, 0.29) is 17.6 Å². The molecule has 1 aliphatic heterocycles. The molecular weight excluding hydrogens is 268 g/mol. The molecule has 1 fully saturated rings. The van der Waals surface area contributed by atoms with E-state index in [9.17, 15) is 9.59 Å². The van der Waals surface area contributed by atoms with E-state index in [1.165, 1.54) is 6.42 Å². The largest absolute Gasteiger partial charge is 0.461 e. The number of rotatable bonds is 4. The number of carbonyl (C=O) groups is 2. The van der Waals surface area contributed by atoms with Crippen molar-refractivity contribution < 1.29 is 14.3 Å². The highest BCUT2D eigenvalue weighted by atomic mass is 16.5. The second kappa shape index (κ2) is 7.20. The molecule has 2 rings (SSSR count). The van der Waals surface area contributed by atoms with Crippen molar-refractivity contribution in [2.45, 2.75) is 45.6 Å². The van der Waals surface area contributed by atoms with Crippen LogP contribution in [0.2, 0.25) is 0 Å². The molecule has 0 saturated carbocycles. The van der Waals surface area contributed by atoms with Crippen LogP contribution in [0.1, 0.15) is 60.5 Å². The molecule has 1 saturated heterocycles. The Morgan fingerprint density at radius 1 is 1.29 bits per heavy atom. The highest BCUT2D eigenvalue weighted by molar-refractivity contribution is 5.94. The average molecular weight is 290 g/mol. The number of hydrogen-bond acceptors (Lipinski definition) is 4. The summed E-state index contributed by atoms with van der Waals surface area (Å²) in [5, 5.41) is 0. The normalized spacial score (nSPS) is 18.4. The lowest BCUT2D eigenvalue weighted by atomic mass is 9.99. The van der Waals surface area contributed by atoms with Crippen molar-refractivity contribution in [2.75, 3.05) is 13.2 Å². The maximum absolute atomic E-state index is 12.6. The Balaban J connectivity index is 2.18. The number of likely N-dealkylation sites (tertiary alicyclic amines) is 1. The van der Waals surface area contributed by atoms with Crippen LogP contribution in [0.25, 0.3) is 0 Å². The van der Waals surface area contributed by atoms with E-state index in [2.05, 4.69) is 11.9 Å². The van der Waals surface area contributed by atoms with Crippen LogP contribution in [-0.4, -0.2) is 41.0 Å². The Labute approximate surface area is 125 Å². The fourth-order valence-electron chi connectivity index (χ4n) is 2.71. The molecule has 1 amide bonds. The van der Waals surface area contributed by atoms with Gasteiger partial charge in [-0.3, -0.25) is 4.79 Å². The zero-order chi connectivity index (χ0) is 15.2. The minimum atomic E-state index is -0.488. The first-order valence-electron chi connectivity index (χ1n) is 7.62. The van der Waals surface area contributed by atoms with E-state index >= 15 is 0 Å². The lowest BCUT2D eigenvalue weighted by Crippen LogP contribution is -2.43. The minimum Gasteiger partial charge on any atom is -0.461 e. The number of piperidine rings is 1. The second-order valence-corrected chi connectivity index (χ2v) is 5.18. The Morgan fingerprint density at radius 2 is 2.05 bits per heavy atom. The molecule has 1 atom stereocenters. The molecule has 1 aromatic rings. The molecule has 0 bridgehead atoms. The van der Waals surface area contributed by atoms with E-state index in [1.807, 2.05) is 4.90 Å². The molecule has 0 aliphatic carbocycles. The van der Waals surface area contributed by atoms with Gasteiger partial charge in [-0.1, -0.05) is 13.0 Å². The van der Waals surface area contributed by atoms with E-state index in [0.717, 1.165) is 25.8 Å². The first kappa shape index (κ1) is 15.5. The summed E-state index contributed by atoms with van der Waals surface area (Å²) < 4.78 is 4.92. The molecular formula is C16H22N2O3. The van der Waals surface area contributed by atoms with E-state index in [0.29, 0.717) is 12.3 Å². The van der Waals surface area contributed by atoms with Gasteiger partial charge >= 0.3 is 5.97 Å². The van der Waals surface area contributed by atoms with Gasteiger partial charge in [0.1, 0.15) is 11.4 Å². The Hall–Kier alpha value is -1.91. The minimum absolute atomic E-state index is 0.0901. The monoisotopic (exact) mass is 290 g/mol. The van der Waals surface area contributed by atoms with Gasteiger partial charge in [0.05, 0.1) is 6.61 Å². The van der Waals surface area contributed by atoms with Crippen LogP contribution < -0.4 is 0 Å². The first-order valence-corrected chi connectivity index (χ1v) is 7.62. The van der Waals surface area contributed by atoms with Gasteiger partial charge in [-0.15, -0.1) is 0 Å². The van der Waals surface area contributed by atoms with Crippen molar-refractivity contribution >= 4 is 11.9 Å². The van der Waals surface area contributed by atoms with Gasteiger partial charge in [0, 0.05) is 12.6 Å². The topological polar surface area (TPSA) is 59.5 Å². The van der Waals surface area contributed by atoms with Crippen molar-refractivity contribution in [3.8, 4) is 0 Å². The number of aromatic nitrogens is 1. The molecule has 5 nitrogen and oxygen atoms in total. The predicted octanol–water partition coefficient (Wildman–Crippen LogP) is 2.66. The van der Waals surface area contributed by atoms with Gasteiger partial charge < -0.3 is 9.64 Å². The maximum Gasteiger partial charge on any atom is 0.356 e. The summed E-state index contributed by atoms with van der Waals surface area (Å²) in [7, 11) is 0. The molecule has 21 heavy (non-hydrogen) atoms. The summed E-state index contributed by atoms with van der Waals surface area (Å²) in [5.41, 5.74) is 0.508. The summed E-state index contributed by atoms with van der Waals surface area (Å²) in [4.78, 5) is 30.4. The molecule has 0 aromatic carbocycles. The van der Waals surface area contributed by atoms with E-state index in [1.54, 1.807) is 25.1 Å². The number of esters is 1. The standard InChI is InChI=1S/C16H22N2O3/c1-3-12-8-5-6-11-18(12)15(19)13-9-7-10-14(17-13)16(20)21-4-2/h7,9-10,12H,3-6,8,11H2,1-2H3. The Kier molecular flexibility index (Phi) is 5.31. The molecule has 0 spiro atoms. The number of pyridine rings is 1. The number of amides is 1. The van der Waals surface area contributed by atoms with Gasteiger partial charge in [0.15, 0.2) is 0 Å². The summed E-state index contributed by atoms with van der Waals surface area (Å²) in [5.74, 6) is -0.578. The summed E-state index contributed by atoms with van der Waals surface area (Å²) in [6.07, 6.45) is 4.18. The molecule has 5 heteroatoms. The lowest BCUT2D eigenvalue weighted by Gasteiger charge is -2.35. The summed E-state index contributed by atoms with van der Waals surface area (Å²) >= 11 is 0. The average Bonchev–Trinajstić information content (AvgIpc) is 2.54. The predicted molar refractivity (Wildman–Crippen MR) is 79.2 cm³/mol. The SMILES string of the molecule is CCOC(=O)c1cccc(C(=O)N2CCCCC2CC)n1. The van der Waals surface area contributed by atoms with Crippen molar-refractivity contribution in [3.05, 3.63) is 29.6 Å². The first-order chi connectivity index (χ1) is 10.2. The van der Waals surface area contributed by atoms with Crippen LogP contribution in [-0.2, 0) is 4.74 Å². The van der Waals surface area contributed by atoms with E-state index < -0.39 is 5.97 Å². The number of carbonyl (C=O) groups excluding carboxylic acids is 2. The molecule has 1 aromatic heterocycles. The summed E-state index contributed by atoms with van der Waals surface area (Å²) in [6.45, 7) is 4.90. The van der Waals surface area contributed by atoms with Gasteiger partial charge in [-0.05, 0) is 44.7 Å². The van der Waals surface area contributed by atoms with Gasteiger partial charge in [0.25, 0.3) is 5.91 Å². The van der Waals surface area contributed by atoms with Crippen LogP contribution in [0.15, 0.2) is 18.2 Å². The molecule has 1 aliphatic rings. The number of ether oxygens (including phenoxy) is 1. The van der Waals surface area contributed by atoms with Crippen LogP contribution in [0.5, 0.6) is 0 Å².